The van der Waals surface area contributed by atoms with E-state index >= 15 is 0 Å². The van der Waals surface area contributed by atoms with Gasteiger partial charge < -0.3 is 10.7 Å². The number of hydrogen-bond acceptors (Lipinski definition) is 6. The quantitative estimate of drug-likeness (QED) is 0.391. The van der Waals surface area contributed by atoms with Crippen LogP contribution in [-0.4, -0.2) is 15.9 Å². The van der Waals surface area contributed by atoms with Crippen molar-refractivity contribution < 1.29 is 4.92 Å². The maximum atomic E-state index is 10.9. The average molecular weight is 253 g/mol. The number of pyridine rings is 1. The normalized spacial score (nSPS) is 11.9. The lowest BCUT2D eigenvalue weighted by atomic mass is 10.1. The van der Waals surface area contributed by atoms with Crippen molar-refractivity contribution in [2.45, 2.75) is 39.2 Å². The first kappa shape index (κ1) is 14.2. The summed E-state index contributed by atoms with van der Waals surface area (Å²) in [6.07, 6.45) is 2.83. The van der Waals surface area contributed by atoms with E-state index in [2.05, 4.69) is 22.7 Å². The van der Waals surface area contributed by atoms with Crippen molar-refractivity contribution in [1.82, 2.24) is 4.98 Å². The van der Waals surface area contributed by atoms with E-state index in [1.54, 1.807) is 0 Å². The van der Waals surface area contributed by atoms with Crippen molar-refractivity contribution >= 4 is 17.3 Å². The zero-order valence-corrected chi connectivity index (χ0v) is 10.6. The Balaban J connectivity index is 2.99. The van der Waals surface area contributed by atoms with Gasteiger partial charge in [0.1, 0.15) is 5.82 Å². The molecule has 1 rings (SSSR count). The van der Waals surface area contributed by atoms with Gasteiger partial charge in [-0.3, -0.25) is 10.1 Å². The average Bonchev–Trinajstić information content (AvgIpc) is 2.37. The van der Waals surface area contributed by atoms with E-state index in [0.717, 1.165) is 19.3 Å². The molecule has 0 aliphatic heterocycles. The van der Waals surface area contributed by atoms with Crippen molar-refractivity contribution in [3.63, 3.8) is 0 Å². The predicted molar refractivity (Wildman–Crippen MR) is 71.3 cm³/mol. The maximum Gasteiger partial charge on any atom is 0.311 e. The number of nitrogens with two attached hydrogens (primary N) is 1. The molecule has 0 saturated heterocycles. The molecule has 0 aliphatic carbocycles. The molecule has 7 heteroatoms. The molecule has 1 heterocycles. The Kier molecular flexibility index (Phi) is 5.31. The molecule has 4 N–H and O–H groups in total. The maximum absolute atomic E-state index is 10.9. The molecular formula is C11H19N5O2. The first-order valence-corrected chi connectivity index (χ1v) is 6.00. The molecule has 0 radical (unpaired) electrons. The molecule has 0 aliphatic rings. The summed E-state index contributed by atoms with van der Waals surface area (Å²) < 4.78 is 0. The Morgan fingerprint density at radius 2 is 2.22 bits per heavy atom. The van der Waals surface area contributed by atoms with E-state index in [1.807, 2.05) is 6.92 Å². The second-order valence-corrected chi connectivity index (χ2v) is 4.00. The van der Waals surface area contributed by atoms with Crippen molar-refractivity contribution in [3.05, 3.63) is 22.2 Å². The molecule has 0 aromatic carbocycles. The van der Waals surface area contributed by atoms with Crippen LogP contribution in [0.15, 0.2) is 12.1 Å². The fourth-order valence-corrected chi connectivity index (χ4v) is 1.71. The Bertz CT molecular complexity index is 410. The first-order valence-electron chi connectivity index (χ1n) is 6.00. The smallest absolute Gasteiger partial charge is 0.311 e. The Morgan fingerprint density at radius 3 is 2.72 bits per heavy atom. The number of hydrogen-bond donors (Lipinski definition) is 3. The van der Waals surface area contributed by atoms with Gasteiger partial charge in [-0.25, -0.2) is 10.8 Å². The number of anilines is 2. The summed E-state index contributed by atoms with van der Waals surface area (Å²) in [6.45, 7) is 4.11. The van der Waals surface area contributed by atoms with Gasteiger partial charge in [0, 0.05) is 12.1 Å². The van der Waals surface area contributed by atoms with E-state index < -0.39 is 4.92 Å². The van der Waals surface area contributed by atoms with Crippen LogP contribution in [0, 0.1) is 10.1 Å². The van der Waals surface area contributed by atoms with Crippen molar-refractivity contribution in [2.24, 2.45) is 5.84 Å². The molecule has 1 atom stereocenters. The number of nitrogen functional groups attached to an aromatic ring is 1. The van der Waals surface area contributed by atoms with Gasteiger partial charge in [-0.05, 0) is 18.9 Å². The molecule has 0 bridgehead atoms. The minimum absolute atomic E-state index is 0.0384. The molecule has 1 unspecified atom stereocenters. The van der Waals surface area contributed by atoms with Crippen LogP contribution in [0.4, 0.5) is 17.3 Å². The lowest BCUT2D eigenvalue weighted by Crippen LogP contribution is -2.20. The lowest BCUT2D eigenvalue weighted by molar-refractivity contribution is -0.384. The Labute approximate surface area is 106 Å². The van der Waals surface area contributed by atoms with Crippen molar-refractivity contribution in [1.29, 1.82) is 0 Å². The zero-order valence-electron chi connectivity index (χ0n) is 10.6. The highest BCUT2D eigenvalue weighted by atomic mass is 16.6. The van der Waals surface area contributed by atoms with E-state index in [4.69, 9.17) is 5.84 Å². The summed E-state index contributed by atoms with van der Waals surface area (Å²) in [7, 11) is 0. The minimum atomic E-state index is -0.450. The largest absolute Gasteiger partial charge is 0.362 e. The topological polar surface area (TPSA) is 106 Å². The van der Waals surface area contributed by atoms with Crippen molar-refractivity contribution in [2.75, 3.05) is 10.7 Å². The monoisotopic (exact) mass is 253 g/mol. The van der Waals surface area contributed by atoms with E-state index in [9.17, 15) is 10.1 Å². The Hall–Kier alpha value is -1.89. The van der Waals surface area contributed by atoms with Crippen LogP contribution >= 0.6 is 0 Å². The fraction of sp³-hybridized carbons (Fsp3) is 0.545. The van der Waals surface area contributed by atoms with Crippen LogP contribution in [0.5, 0.6) is 0 Å². The van der Waals surface area contributed by atoms with Gasteiger partial charge in [0.25, 0.3) is 0 Å². The molecule has 1 aromatic heterocycles. The fourth-order valence-electron chi connectivity index (χ4n) is 1.71. The van der Waals surface area contributed by atoms with Crippen LogP contribution in [0.1, 0.15) is 33.1 Å². The third-order valence-electron chi connectivity index (χ3n) is 2.69. The van der Waals surface area contributed by atoms with Gasteiger partial charge in [-0.2, -0.15) is 0 Å². The van der Waals surface area contributed by atoms with Gasteiger partial charge >= 0.3 is 5.69 Å². The number of nitrogens with one attached hydrogen (secondary N) is 2. The van der Waals surface area contributed by atoms with E-state index in [1.165, 1.54) is 12.1 Å². The second kappa shape index (κ2) is 6.75. The highest BCUT2D eigenvalue weighted by Crippen LogP contribution is 2.25. The van der Waals surface area contributed by atoms with Gasteiger partial charge in [0.15, 0.2) is 0 Å². The molecule has 0 fully saturated rings. The molecule has 7 nitrogen and oxygen atoms in total. The van der Waals surface area contributed by atoms with E-state index in [-0.39, 0.29) is 17.5 Å². The summed E-state index contributed by atoms with van der Waals surface area (Å²) >= 11 is 0. The zero-order chi connectivity index (χ0) is 13.5. The highest BCUT2D eigenvalue weighted by Gasteiger charge is 2.18. The van der Waals surface area contributed by atoms with Gasteiger partial charge in [-0.1, -0.05) is 20.3 Å². The molecule has 100 valence electrons. The van der Waals surface area contributed by atoms with Crippen molar-refractivity contribution in [3.8, 4) is 0 Å². The Morgan fingerprint density at radius 1 is 1.50 bits per heavy atom. The van der Waals surface area contributed by atoms with Crippen LogP contribution in [0.25, 0.3) is 0 Å². The van der Waals surface area contributed by atoms with E-state index in [0.29, 0.717) is 5.82 Å². The summed E-state index contributed by atoms with van der Waals surface area (Å²) in [6, 6.07) is 3.04. The van der Waals surface area contributed by atoms with Gasteiger partial charge in [0.05, 0.1) is 4.92 Å². The number of nitrogens with zero attached hydrogens (tertiary/aromatic N) is 2. The summed E-state index contributed by atoms with van der Waals surface area (Å²) in [5, 5.41) is 14.0. The lowest BCUT2D eigenvalue weighted by Gasteiger charge is -2.17. The third-order valence-corrected chi connectivity index (χ3v) is 2.69. The number of hydrazine groups is 1. The first-order chi connectivity index (χ1) is 8.62. The molecule has 0 spiro atoms. The number of rotatable bonds is 7. The molecule has 18 heavy (non-hydrogen) atoms. The van der Waals surface area contributed by atoms with Crippen LogP contribution in [0.3, 0.4) is 0 Å². The minimum Gasteiger partial charge on any atom is -0.362 e. The second-order valence-electron chi connectivity index (χ2n) is 4.00. The van der Waals surface area contributed by atoms with Crippen LogP contribution in [0.2, 0.25) is 0 Å². The summed E-state index contributed by atoms with van der Waals surface area (Å²) in [4.78, 5) is 14.6. The molecule has 0 saturated carbocycles. The molecule has 1 aromatic rings. The third kappa shape index (κ3) is 3.56. The molecule has 0 amide bonds. The van der Waals surface area contributed by atoms with Crippen LogP contribution in [-0.2, 0) is 0 Å². The molecular weight excluding hydrogens is 234 g/mol. The number of aromatic nitrogens is 1. The SMILES string of the molecule is CCCC(CC)Nc1nc(NN)ccc1[N+](=O)[O-]. The van der Waals surface area contributed by atoms with Gasteiger partial charge in [-0.15, -0.1) is 0 Å². The van der Waals surface area contributed by atoms with Crippen LogP contribution < -0.4 is 16.6 Å². The predicted octanol–water partition coefficient (Wildman–Crippen LogP) is 2.27. The van der Waals surface area contributed by atoms with Gasteiger partial charge in [0.2, 0.25) is 5.82 Å². The number of nitro groups is 1. The standard InChI is InChI=1S/C11H19N5O2/c1-3-5-8(4-2)13-11-9(16(17)18)6-7-10(14-11)15-12/h6-8H,3-5,12H2,1-2H3,(H2,13,14,15). The summed E-state index contributed by atoms with van der Waals surface area (Å²) in [5.74, 6) is 5.91. The summed E-state index contributed by atoms with van der Waals surface area (Å²) in [5.41, 5.74) is 2.34. The highest BCUT2D eigenvalue weighted by molar-refractivity contribution is 5.60.